The van der Waals surface area contributed by atoms with E-state index in [9.17, 15) is 27.6 Å². The Hall–Kier alpha value is -3.89. The monoisotopic (exact) mass is 754 g/mol. The summed E-state index contributed by atoms with van der Waals surface area (Å²) in [5, 5.41) is 8.64. The highest BCUT2D eigenvalue weighted by Crippen LogP contribution is 2.41. The zero-order chi connectivity index (χ0) is 38.8. The molecule has 0 unspecified atom stereocenters. The highest BCUT2D eigenvalue weighted by atomic mass is 32.2. The van der Waals surface area contributed by atoms with Crippen molar-refractivity contribution in [2.75, 3.05) is 46.8 Å². The minimum absolute atomic E-state index is 0.0119. The maximum Gasteiger partial charge on any atom is 0.281 e. The van der Waals surface area contributed by atoms with E-state index >= 15 is 0 Å². The van der Waals surface area contributed by atoms with Gasteiger partial charge >= 0.3 is 0 Å². The summed E-state index contributed by atoms with van der Waals surface area (Å²) in [4.78, 5) is 56.8. The number of nitrogens with two attached hydrogens (primary N) is 2. The third-order valence-electron chi connectivity index (χ3n) is 10.0. The number of amides is 4. The number of benzene rings is 2. The first kappa shape index (κ1) is 41.9. The van der Waals surface area contributed by atoms with Gasteiger partial charge < -0.3 is 32.3 Å². The average Bonchev–Trinajstić information content (AvgIpc) is 3.57. The van der Waals surface area contributed by atoms with Gasteiger partial charge in [0.15, 0.2) is 0 Å². The molecule has 0 saturated carbocycles. The van der Waals surface area contributed by atoms with Crippen molar-refractivity contribution in [3.05, 3.63) is 71.8 Å². The molecule has 14 nitrogen and oxygen atoms in total. The van der Waals surface area contributed by atoms with Crippen LogP contribution in [0.4, 0.5) is 0 Å². The summed E-state index contributed by atoms with van der Waals surface area (Å²) in [6.45, 7) is 5.82. The molecular weight excluding hydrogens is 697 g/mol. The van der Waals surface area contributed by atoms with E-state index < -0.39 is 52.1 Å². The largest absolute Gasteiger partial charge is 0.343 e. The molecule has 2 aromatic carbocycles. The predicted octanol–water partition coefficient (Wildman–Crippen LogP) is 0.769. The van der Waals surface area contributed by atoms with Gasteiger partial charge in [-0.3, -0.25) is 19.2 Å². The Morgan fingerprint density at radius 2 is 1.34 bits per heavy atom. The number of rotatable bonds is 19. The van der Waals surface area contributed by atoms with Crippen LogP contribution < -0.4 is 27.4 Å². The van der Waals surface area contributed by atoms with Crippen LogP contribution >= 0.6 is 0 Å². The van der Waals surface area contributed by atoms with Crippen molar-refractivity contribution < 1.29 is 27.6 Å². The smallest absolute Gasteiger partial charge is 0.281 e. The van der Waals surface area contributed by atoms with Gasteiger partial charge in [0.2, 0.25) is 23.6 Å². The molecule has 0 aromatic heterocycles. The lowest BCUT2D eigenvalue weighted by molar-refractivity contribution is -0.147. The summed E-state index contributed by atoms with van der Waals surface area (Å²) in [6.07, 6.45) is 3.04. The molecule has 4 atom stereocenters. The lowest BCUT2D eigenvalue weighted by Gasteiger charge is -2.49. The second-order valence-electron chi connectivity index (χ2n) is 15.2. The standard InChI is InChI=1S/C38H58N8O6S/c1-27(2)21-32(43-36(49)33(23-29-15-9-6-10-16-29)42-34(47)30(40)22-28-13-7-5-8-14-28)35(48)41-31(17-11-12-19-39)37(50)45-24-38(25-45)18-20-46(26-38)53(51,52)44(3)4/h5-10,13-16,27,30-33H,11-12,17-26,39-40H2,1-4H3,(H,41,48)(H,42,47)(H,43,49)/t30-,31-,32-,33-/m1/s1. The van der Waals surface area contributed by atoms with Crippen molar-refractivity contribution in [3.8, 4) is 0 Å². The molecule has 0 radical (unpaired) electrons. The van der Waals surface area contributed by atoms with Gasteiger partial charge in [-0.2, -0.15) is 17.0 Å². The van der Waals surface area contributed by atoms with Crippen LogP contribution in [0.1, 0.15) is 57.1 Å². The number of nitrogens with zero attached hydrogens (tertiary/aromatic N) is 3. The van der Waals surface area contributed by atoms with Crippen LogP contribution in [0.5, 0.6) is 0 Å². The Bertz CT molecular complexity index is 1640. The molecule has 2 aliphatic rings. The average molecular weight is 755 g/mol. The van der Waals surface area contributed by atoms with Gasteiger partial charge in [-0.25, -0.2) is 0 Å². The van der Waals surface area contributed by atoms with Crippen molar-refractivity contribution in [1.82, 2.24) is 29.5 Å². The van der Waals surface area contributed by atoms with E-state index in [-0.39, 0.29) is 30.1 Å². The van der Waals surface area contributed by atoms with Crippen LogP contribution in [0, 0.1) is 11.3 Å². The quantitative estimate of drug-likeness (QED) is 0.130. The number of hydrogen-bond donors (Lipinski definition) is 5. The SMILES string of the molecule is CC(C)C[C@@H](NC(=O)[C@@H](Cc1ccccc1)NC(=O)[C@H](N)Cc1ccccc1)C(=O)N[C@H](CCCCN)C(=O)N1CC2(CCN(S(=O)(=O)N(C)C)C2)C1. The number of likely N-dealkylation sites (tertiary alicyclic amines) is 1. The Labute approximate surface area is 314 Å². The molecule has 0 bridgehead atoms. The van der Waals surface area contributed by atoms with Crippen LogP contribution in [-0.4, -0.2) is 117 Å². The molecule has 2 heterocycles. The van der Waals surface area contributed by atoms with Gasteiger partial charge in [0.25, 0.3) is 10.2 Å². The second kappa shape index (κ2) is 18.9. The number of unbranched alkanes of at least 4 members (excludes halogenated alkanes) is 1. The normalized spacial score (nSPS) is 17.9. The molecule has 4 amide bonds. The summed E-state index contributed by atoms with van der Waals surface area (Å²) < 4.78 is 28.1. The third kappa shape index (κ3) is 11.5. The second-order valence-corrected chi connectivity index (χ2v) is 17.3. The summed E-state index contributed by atoms with van der Waals surface area (Å²) >= 11 is 0. The number of nitrogens with one attached hydrogen (secondary N) is 3. The van der Waals surface area contributed by atoms with E-state index in [1.807, 2.05) is 74.5 Å². The van der Waals surface area contributed by atoms with Crippen molar-refractivity contribution in [1.29, 1.82) is 0 Å². The van der Waals surface area contributed by atoms with Crippen LogP contribution in [0.15, 0.2) is 60.7 Å². The topological polar surface area (TPSA) is 200 Å². The maximum atomic E-state index is 14.0. The van der Waals surface area contributed by atoms with Crippen molar-refractivity contribution in [2.24, 2.45) is 22.8 Å². The summed E-state index contributed by atoms with van der Waals surface area (Å²) in [7, 11) is -0.551. The van der Waals surface area contributed by atoms with Crippen LogP contribution in [0.25, 0.3) is 0 Å². The Morgan fingerprint density at radius 1 is 0.792 bits per heavy atom. The molecular formula is C38H58N8O6S. The van der Waals surface area contributed by atoms with Crippen LogP contribution in [0.2, 0.25) is 0 Å². The fourth-order valence-electron chi connectivity index (χ4n) is 7.02. The molecule has 2 fully saturated rings. The Kier molecular flexibility index (Phi) is 14.9. The van der Waals surface area contributed by atoms with Crippen molar-refractivity contribution in [2.45, 2.75) is 83.0 Å². The third-order valence-corrected chi connectivity index (χ3v) is 11.9. The van der Waals surface area contributed by atoms with Crippen LogP contribution in [0.3, 0.4) is 0 Å². The van der Waals surface area contributed by atoms with E-state index in [1.165, 1.54) is 22.7 Å². The molecule has 1 spiro atoms. The summed E-state index contributed by atoms with van der Waals surface area (Å²) in [5.74, 6) is -1.76. The van der Waals surface area contributed by atoms with E-state index in [0.717, 1.165) is 11.1 Å². The molecule has 53 heavy (non-hydrogen) atoms. The number of carbonyl (C=O) groups excluding carboxylic acids is 4. The molecule has 292 valence electrons. The highest BCUT2D eigenvalue weighted by molar-refractivity contribution is 7.86. The van der Waals surface area contributed by atoms with Gasteiger partial charge in [0.05, 0.1) is 6.04 Å². The van der Waals surface area contributed by atoms with E-state index in [1.54, 1.807) is 4.90 Å². The van der Waals surface area contributed by atoms with Gasteiger partial charge in [-0.1, -0.05) is 74.5 Å². The van der Waals surface area contributed by atoms with E-state index in [4.69, 9.17) is 11.5 Å². The van der Waals surface area contributed by atoms with Gasteiger partial charge in [0, 0.05) is 52.1 Å². The van der Waals surface area contributed by atoms with Crippen molar-refractivity contribution in [3.63, 3.8) is 0 Å². The van der Waals surface area contributed by atoms with Gasteiger partial charge in [-0.05, 0) is 62.1 Å². The van der Waals surface area contributed by atoms with Gasteiger partial charge in [-0.15, -0.1) is 0 Å². The first-order valence-corrected chi connectivity index (χ1v) is 19.9. The number of carbonyl (C=O) groups is 4. The minimum Gasteiger partial charge on any atom is -0.343 e. The zero-order valence-corrected chi connectivity index (χ0v) is 32.3. The molecule has 0 aliphatic carbocycles. The molecule has 4 rings (SSSR count). The lowest BCUT2D eigenvalue weighted by Crippen LogP contribution is -2.64. The van der Waals surface area contributed by atoms with Crippen LogP contribution in [-0.2, 0) is 42.2 Å². The molecule has 2 saturated heterocycles. The molecule has 15 heteroatoms. The highest BCUT2D eigenvalue weighted by Gasteiger charge is 2.52. The lowest BCUT2D eigenvalue weighted by atomic mass is 9.78. The Morgan fingerprint density at radius 3 is 1.91 bits per heavy atom. The molecule has 7 N–H and O–H groups in total. The maximum absolute atomic E-state index is 14.0. The van der Waals surface area contributed by atoms with E-state index in [0.29, 0.717) is 64.8 Å². The first-order valence-electron chi connectivity index (χ1n) is 18.5. The minimum atomic E-state index is -3.56. The summed E-state index contributed by atoms with van der Waals surface area (Å²) in [5.41, 5.74) is 13.4. The molecule has 2 aliphatic heterocycles. The fourth-order valence-corrected chi connectivity index (χ4v) is 8.24. The Balaban J connectivity index is 1.45. The van der Waals surface area contributed by atoms with Crippen molar-refractivity contribution >= 4 is 33.8 Å². The molecule has 2 aromatic rings. The zero-order valence-electron chi connectivity index (χ0n) is 31.5. The van der Waals surface area contributed by atoms with E-state index in [2.05, 4.69) is 16.0 Å². The fraction of sp³-hybridized carbons (Fsp3) is 0.579. The predicted molar refractivity (Wildman–Crippen MR) is 204 cm³/mol. The van der Waals surface area contributed by atoms with Gasteiger partial charge in [0.1, 0.15) is 18.1 Å². The summed E-state index contributed by atoms with van der Waals surface area (Å²) in [6, 6.07) is 14.9. The first-order chi connectivity index (χ1) is 25.1. The number of hydrogen-bond acceptors (Lipinski definition) is 8.